The van der Waals surface area contributed by atoms with Crippen molar-refractivity contribution in [3.63, 3.8) is 0 Å². The zero-order valence-electron chi connectivity index (χ0n) is 14.9. The maximum atomic E-state index is 12.7. The molecule has 1 aliphatic heterocycles. The maximum Gasteiger partial charge on any atom is 0.482 e. The number of rotatable bonds is 5. The monoisotopic (exact) mass is 415 g/mol. The minimum atomic E-state index is -4.53. The molecular weight excluding hydrogens is 395 g/mol. The fourth-order valence-electron chi connectivity index (χ4n) is 3.18. The van der Waals surface area contributed by atoms with Gasteiger partial charge in [-0.05, 0) is 37.5 Å². The number of halogens is 3. The molecule has 11 heteroatoms. The summed E-state index contributed by atoms with van der Waals surface area (Å²) >= 11 is 1.08. The summed E-state index contributed by atoms with van der Waals surface area (Å²) in [6, 6.07) is 3.46. The van der Waals surface area contributed by atoms with Crippen LogP contribution in [-0.4, -0.2) is 47.1 Å². The third kappa shape index (κ3) is 4.90. The Bertz CT molecular complexity index is 870. The van der Waals surface area contributed by atoms with Gasteiger partial charge in [-0.25, -0.2) is 4.98 Å². The number of carbonyl (C=O) groups excluding carboxylic acids is 2. The van der Waals surface area contributed by atoms with E-state index in [4.69, 9.17) is 5.73 Å². The van der Waals surface area contributed by atoms with Crippen molar-refractivity contribution in [3.05, 3.63) is 18.2 Å². The molecule has 2 aromatic rings. The molecule has 2 amide bonds. The molecule has 7 nitrogen and oxygen atoms in total. The van der Waals surface area contributed by atoms with Crippen LogP contribution in [0.15, 0.2) is 18.2 Å². The number of thiazole rings is 1. The molecule has 1 saturated heterocycles. The van der Waals surface area contributed by atoms with Crippen LogP contribution in [0.4, 0.5) is 24.0 Å². The van der Waals surface area contributed by atoms with Crippen LogP contribution in [0.3, 0.4) is 0 Å². The van der Waals surface area contributed by atoms with Crippen molar-refractivity contribution in [2.24, 2.45) is 5.73 Å². The van der Waals surface area contributed by atoms with Crippen molar-refractivity contribution in [3.8, 4) is 0 Å². The highest BCUT2D eigenvalue weighted by atomic mass is 32.1. The average molecular weight is 415 g/mol. The number of carbonyl (C=O) groups is 2. The van der Waals surface area contributed by atoms with E-state index in [1.807, 2.05) is 0 Å². The first kappa shape index (κ1) is 20.3. The molecule has 28 heavy (non-hydrogen) atoms. The largest absolute Gasteiger partial charge is 0.482 e. The quantitative estimate of drug-likeness (QED) is 0.652. The van der Waals surface area contributed by atoms with Gasteiger partial charge in [0.2, 0.25) is 11.8 Å². The number of fused-ring (bicyclic) bond motifs is 1. The SMILES string of the molecule is NCCC(=O)N1CCCC[C@@H]1C(=O)Nc1nc2ccc(NC(F)(F)F)cc2s1. The summed E-state index contributed by atoms with van der Waals surface area (Å²) in [6.45, 7) is 0.721. The Kier molecular flexibility index (Phi) is 6.04. The predicted molar refractivity (Wildman–Crippen MR) is 101 cm³/mol. The minimum absolute atomic E-state index is 0.104. The van der Waals surface area contributed by atoms with Gasteiger partial charge in [0.15, 0.2) is 5.13 Å². The molecule has 0 saturated carbocycles. The highest BCUT2D eigenvalue weighted by Crippen LogP contribution is 2.30. The van der Waals surface area contributed by atoms with E-state index in [2.05, 4.69) is 10.3 Å². The van der Waals surface area contributed by atoms with Crippen molar-refractivity contribution in [2.45, 2.75) is 38.0 Å². The molecule has 1 fully saturated rings. The molecule has 1 atom stereocenters. The van der Waals surface area contributed by atoms with Crippen molar-refractivity contribution in [2.75, 3.05) is 23.7 Å². The predicted octanol–water partition coefficient (Wildman–Crippen LogP) is 2.90. The van der Waals surface area contributed by atoms with Crippen molar-refractivity contribution in [1.82, 2.24) is 9.88 Å². The van der Waals surface area contributed by atoms with Gasteiger partial charge >= 0.3 is 6.30 Å². The number of nitrogens with one attached hydrogen (secondary N) is 2. The third-order valence-electron chi connectivity index (χ3n) is 4.39. The first-order valence-corrected chi connectivity index (χ1v) is 9.64. The second-order valence-electron chi connectivity index (χ2n) is 6.45. The molecule has 1 aliphatic rings. The summed E-state index contributed by atoms with van der Waals surface area (Å²) in [5.41, 5.74) is 5.82. The van der Waals surface area contributed by atoms with Gasteiger partial charge in [0.05, 0.1) is 10.2 Å². The van der Waals surface area contributed by atoms with Gasteiger partial charge in [-0.3, -0.25) is 14.9 Å². The Morgan fingerprint density at radius 3 is 2.82 bits per heavy atom. The van der Waals surface area contributed by atoms with Crippen molar-refractivity contribution in [1.29, 1.82) is 0 Å². The number of likely N-dealkylation sites (tertiary alicyclic amines) is 1. The molecule has 0 unspecified atom stereocenters. The Morgan fingerprint density at radius 2 is 2.11 bits per heavy atom. The molecule has 0 spiro atoms. The molecule has 152 valence electrons. The molecule has 3 rings (SSSR count). The van der Waals surface area contributed by atoms with Crippen molar-refractivity contribution < 1.29 is 22.8 Å². The van der Waals surface area contributed by atoms with E-state index >= 15 is 0 Å². The minimum Gasteiger partial charge on any atom is -0.331 e. The fraction of sp³-hybridized carbons (Fsp3) is 0.471. The molecule has 4 N–H and O–H groups in total. The maximum absolute atomic E-state index is 12.7. The van der Waals surface area contributed by atoms with Gasteiger partial charge in [0.25, 0.3) is 0 Å². The number of alkyl halides is 3. The summed E-state index contributed by atoms with van der Waals surface area (Å²) in [6.07, 6.45) is -2.14. The van der Waals surface area contributed by atoms with E-state index in [0.717, 1.165) is 24.2 Å². The number of anilines is 2. The van der Waals surface area contributed by atoms with Crippen LogP contribution in [0, 0.1) is 0 Å². The topological polar surface area (TPSA) is 100 Å². The molecule has 0 radical (unpaired) electrons. The van der Waals surface area contributed by atoms with Crippen molar-refractivity contribution >= 4 is 44.2 Å². The normalized spacial score (nSPS) is 17.6. The highest BCUT2D eigenvalue weighted by molar-refractivity contribution is 7.22. The Morgan fingerprint density at radius 1 is 1.32 bits per heavy atom. The Labute approximate surface area is 163 Å². The smallest absolute Gasteiger partial charge is 0.331 e. The van der Waals surface area contributed by atoms with Gasteiger partial charge < -0.3 is 16.0 Å². The summed E-state index contributed by atoms with van der Waals surface area (Å²) in [7, 11) is 0. The van der Waals surface area contributed by atoms with Gasteiger partial charge in [-0.15, -0.1) is 0 Å². The Hall–Kier alpha value is -2.40. The molecule has 2 heterocycles. The third-order valence-corrected chi connectivity index (χ3v) is 5.32. The van der Waals surface area contributed by atoms with Gasteiger partial charge in [0.1, 0.15) is 6.04 Å². The second-order valence-corrected chi connectivity index (χ2v) is 7.48. The number of piperidine rings is 1. The molecule has 1 aromatic heterocycles. The second kappa shape index (κ2) is 8.31. The molecule has 1 aromatic carbocycles. The number of benzene rings is 1. The summed E-state index contributed by atoms with van der Waals surface area (Å²) in [5.74, 6) is -0.507. The lowest BCUT2D eigenvalue weighted by atomic mass is 10.0. The zero-order valence-corrected chi connectivity index (χ0v) is 15.7. The van der Waals surface area contributed by atoms with Gasteiger partial charge in [-0.1, -0.05) is 11.3 Å². The van der Waals surface area contributed by atoms with E-state index in [0.29, 0.717) is 23.2 Å². The van der Waals surface area contributed by atoms with E-state index in [9.17, 15) is 22.8 Å². The number of nitrogens with zero attached hydrogens (tertiary/aromatic N) is 2. The van der Waals surface area contributed by atoms with Gasteiger partial charge in [-0.2, -0.15) is 13.2 Å². The summed E-state index contributed by atoms with van der Waals surface area (Å²) in [4.78, 5) is 30.7. The zero-order chi connectivity index (χ0) is 20.3. The molecule has 0 aliphatic carbocycles. The first-order valence-electron chi connectivity index (χ1n) is 8.83. The lowest BCUT2D eigenvalue weighted by molar-refractivity contribution is -0.140. The van der Waals surface area contributed by atoms with Crippen LogP contribution >= 0.6 is 11.3 Å². The number of hydrogen-bond donors (Lipinski definition) is 3. The first-order chi connectivity index (χ1) is 13.3. The molecular formula is C17H20F3N5O2S. The van der Waals surface area contributed by atoms with Crippen LogP contribution in [-0.2, 0) is 9.59 Å². The number of nitrogens with two attached hydrogens (primary N) is 1. The number of aromatic nitrogens is 1. The van der Waals surface area contributed by atoms with E-state index < -0.39 is 12.3 Å². The van der Waals surface area contributed by atoms with Crippen LogP contribution in [0.2, 0.25) is 0 Å². The Balaban J connectivity index is 1.73. The fourth-order valence-corrected chi connectivity index (χ4v) is 4.09. The van der Waals surface area contributed by atoms with Gasteiger partial charge in [0, 0.05) is 25.2 Å². The van der Waals surface area contributed by atoms with Crippen LogP contribution < -0.4 is 16.4 Å². The van der Waals surface area contributed by atoms with Crippen LogP contribution in [0.5, 0.6) is 0 Å². The standard InChI is InChI=1S/C17H20F3N5O2S/c18-17(19,20)24-10-4-5-11-13(9-10)28-16(22-11)23-15(27)12-3-1-2-8-25(12)14(26)6-7-21/h4-5,9,12,24H,1-3,6-8,21H2,(H,22,23,27)/t12-/m1/s1. The van der Waals surface area contributed by atoms with Crippen LogP contribution in [0.1, 0.15) is 25.7 Å². The van der Waals surface area contributed by atoms with Crippen LogP contribution in [0.25, 0.3) is 10.2 Å². The lowest BCUT2D eigenvalue weighted by Gasteiger charge is -2.34. The number of amides is 2. The highest BCUT2D eigenvalue weighted by Gasteiger charge is 2.32. The summed E-state index contributed by atoms with van der Waals surface area (Å²) in [5, 5.41) is 4.42. The number of hydrogen-bond acceptors (Lipinski definition) is 6. The van der Waals surface area contributed by atoms with E-state index in [1.165, 1.54) is 23.5 Å². The lowest BCUT2D eigenvalue weighted by Crippen LogP contribution is -2.50. The average Bonchev–Trinajstić information content (AvgIpc) is 3.02. The molecule has 0 bridgehead atoms. The van der Waals surface area contributed by atoms with E-state index in [1.54, 1.807) is 4.90 Å². The van der Waals surface area contributed by atoms with E-state index in [-0.39, 0.29) is 35.6 Å². The summed E-state index contributed by atoms with van der Waals surface area (Å²) < 4.78 is 37.9.